The van der Waals surface area contributed by atoms with E-state index in [-0.39, 0.29) is 5.78 Å². The number of hydrogen-bond acceptors (Lipinski definition) is 2. The van der Waals surface area contributed by atoms with Gasteiger partial charge in [-0.2, -0.15) is 0 Å². The molecule has 0 spiro atoms. The molecule has 3 rings (SSSR count). The molecule has 0 saturated heterocycles. The predicted octanol–water partition coefficient (Wildman–Crippen LogP) is 4.05. The highest BCUT2D eigenvalue weighted by Crippen LogP contribution is 2.28. The number of halogens is 1. The van der Waals surface area contributed by atoms with Crippen LogP contribution < -0.4 is 0 Å². The second-order valence-corrected chi connectivity index (χ2v) is 5.50. The zero-order valence-corrected chi connectivity index (χ0v) is 12.2. The molecule has 0 aliphatic heterocycles. The van der Waals surface area contributed by atoms with Crippen LogP contribution in [0.3, 0.4) is 0 Å². The fourth-order valence-corrected chi connectivity index (χ4v) is 2.54. The molecule has 1 heterocycles. The summed E-state index contributed by atoms with van der Waals surface area (Å²) >= 11 is 5.93. The second-order valence-electron chi connectivity index (χ2n) is 5.07. The number of rotatable bonds is 3. The van der Waals surface area contributed by atoms with E-state index in [2.05, 4.69) is 4.98 Å². The minimum absolute atomic E-state index is 0.314. The highest BCUT2D eigenvalue weighted by Gasteiger charge is 2.22. The van der Waals surface area contributed by atoms with Gasteiger partial charge in [0.2, 0.25) is 0 Å². The van der Waals surface area contributed by atoms with E-state index in [1.165, 1.54) is 0 Å². The summed E-state index contributed by atoms with van der Waals surface area (Å²) in [5.41, 5.74) is 2.93. The van der Waals surface area contributed by atoms with Crippen LogP contribution in [0.4, 0.5) is 0 Å². The van der Waals surface area contributed by atoms with Gasteiger partial charge in [0.05, 0.1) is 0 Å². The van der Waals surface area contributed by atoms with Crippen molar-refractivity contribution >= 4 is 28.3 Å². The molecule has 0 aliphatic carbocycles. The molecule has 3 aromatic rings. The zero-order chi connectivity index (χ0) is 15.0. The van der Waals surface area contributed by atoms with Gasteiger partial charge in [-0.3, -0.25) is 4.79 Å². The highest BCUT2D eigenvalue weighted by molar-refractivity contribution is 6.31. The molecule has 0 saturated carbocycles. The Hall–Kier alpha value is -2.10. The molecule has 106 valence electrons. The third-order valence-electron chi connectivity index (χ3n) is 3.55. The molecule has 0 fully saturated rings. The van der Waals surface area contributed by atoms with E-state index >= 15 is 0 Å². The topological polar surface area (TPSA) is 53.1 Å². The van der Waals surface area contributed by atoms with Gasteiger partial charge in [-0.1, -0.05) is 47.5 Å². The standard InChI is InChI=1S/C17H14ClNO2/c1-10-2-4-11(5-3-10)16(20)17(21)14-9-19-15-8-12(18)6-7-13(14)15/h2-9,17,19,21H,1H3. The van der Waals surface area contributed by atoms with Crippen LogP contribution >= 0.6 is 11.6 Å². The smallest absolute Gasteiger partial charge is 0.195 e. The first-order valence-corrected chi connectivity index (χ1v) is 6.99. The van der Waals surface area contributed by atoms with Gasteiger partial charge in [0.1, 0.15) is 6.10 Å². The number of H-pyrrole nitrogens is 1. The quantitative estimate of drug-likeness (QED) is 0.717. The van der Waals surface area contributed by atoms with Crippen molar-refractivity contribution in [3.8, 4) is 0 Å². The summed E-state index contributed by atoms with van der Waals surface area (Å²) in [6, 6.07) is 12.5. The van der Waals surface area contributed by atoms with Crippen molar-refractivity contribution in [2.75, 3.05) is 0 Å². The first-order chi connectivity index (χ1) is 10.1. The Labute approximate surface area is 127 Å². The largest absolute Gasteiger partial charge is 0.380 e. The van der Waals surface area contributed by atoms with Crippen LogP contribution in [0.25, 0.3) is 10.9 Å². The van der Waals surface area contributed by atoms with Gasteiger partial charge >= 0.3 is 0 Å². The number of nitrogens with one attached hydrogen (secondary N) is 1. The van der Waals surface area contributed by atoms with Gasteiger partial charge in [0.15, 0.2) is 5.78 Å². The molecule has 1 unspecified atom stereocenters. The first-order valence-electron chi connectivity index (χ1n) is 6.62. The number of benzene rings is 2. The van der Waals surface area contributed by atoms with Crippen LogP contribution in [0.1, 0.15) is 27.6 Å². The van der Waals surface area contributed by atoms with Gasteiger partial charge in [0, 0.05) is 33.2 Å². The average molecular weight is 300 g/mol. The normalized spacial score (nSPS) is 12.5. The number of aromatic amines is 1. The summed E-state index contributed by atoms with van der Waals surface area (Å²) in [6.45, 7) is 1.95. The third-order valence-corrected chi connectivity index (χ3v) is 3.79. The zero-order valence-electron chi connectivity index (χ0n) is 11.4. The Morgan fingerprint density at radius 3 is 2.62 bits per heavy atom. The Balaban J connectivity index is 1.98. The van der Waals surface area contributed by atoms with Crippen molar-refractivity contribution in [2.45, 2.75) is 13.0 Å². The van der Waals surface area contributed by atoms with Crippen molar-refractivity contribution in [1.82, 2.24) is 4.98 Å². The molecule has 3 nitrogen and oxygen atoms in total. The monoisotopic (exact) mass is 299 g/mol. The molecular weight excluding hydrogens is 286 g/mol. The number of aliphatic hydroxyl groups is 1. The second kappa shape index (κ2) is 5.35. The lowest BCUT2D eigenvalue weighted by Crippen LogP contribution is -2.11. The molecule has 2 N–H and O–H groups in total. The maximum Gasteiger partial charge on any atom is 0.195 e. The number of aryl methyl sites for hydroxylation is 1. The lowest BCUT2D eigenvalue weighted by atomic mass is 9.99. The van der Waals surface area contributed by atoms with E-state index in [1.807, 2.05) is 19.1 Å². The molecule has 0 bridgehead atoms. The van der Waals surface area contributed by atoms with Crippen LogP contribution in [0.2, 0.25) is 5.02 Å². The van der Waals surface area contributed by atoms with Crippen LogP contribution in [0.5, 0.6) is 0 Å². The van der Waals surface area contributed by atoms with Crippen LogP contribution in [0.15, 0.2) is 48.7 Å². The lowest BCUT2D eigenvalue weighted by Gasteiger charge is -2.09. The Bertz CT molecular complexity index is 805. The van der Waals surface area contributed by atoms with Crippen molar-refractivity contribution in [2.24, 2.45) is 0 Å². The number of Topliss-reactive ketones (excluding diaryl/α,β-unsaturated/α-hetero) is 1. The number of fused-ring (bicyclic) bond motifs is 1. The molecular formula is C17H14ClNO2. The van der Waals surface area contributed by atoms with Gasteiger partial charge in [-0.15, -0.1) is 0 Å². The summed E-state index contributed by atoms with van der Waals surface area (Å²) in [5.74, 6) is -0.314. The fraction of sp³-hybridized carbons (Fsp3) is 0.118. The van der Waals surface area contributed by atoms with Crippen molar-refractivity contribution < 1.29 is 9.90 Å². The lowest BCUT2D eigenvalue weighted by molar-refractivity contribution is 0.0750. The van der Waals surface area contributed by atoms with Crippen molar-refractivity contribution in [1.29, 1.82) is 0 Å². The first kappa shape index (κ1) is 13.9. The summed E-state index contributed by atoms with van der Waals surface area (Å²) in [6.07, 6.45) is 0.459. The maximum absolute atomic E-state index is 12.4. The van der Waals surface area contributed by atoms with Crippen LogP contribution in [-0.4, -0.2) is 15.9 Å². The minimum Gasteiger partial charge on any atom is -0.380 e. The summed E-state index contributed by atoms with van der Waals surface area (Å²) in [5, 5.41) is 11.8. The molecule has 1 aromatic heterocycles. The summed E-state index contributed by atoms with van der Waals surface area (Å²) in [7, 11) is 0. The van der Waals surface area contributed by atoms with Gasteiger partial charge < -0.3 is 10.1 Å². The average Bonchev–Trinajstić information content (AvgIpc) is 2.89. The van der Waals surface area contributed by atoms with Crippen molar-refractivity contribution in [3.63, 3.8) is 0 Å². The van der Waals surface area contributed by atoms with E-state index in [0.29, 0.717) is 16.1 Å². The van der Waals surface area contributed by atoms with Gasteiger partial charge in [0.25, 0.3) is 0 Å². The number of aromatic nitrogens is 1. The number of ketones is 1. The molecule has 0 radical (unpaired) electrons. The van der Waals surface area contributed by atoms with E-state index in [9.17, 15) is 9.90 Å². The maximum atomic E-state index is 12.4. The number of aliphatic hydroxyl groups excluding tert-OH is 1. The SMILES string of the molecule is Cc1ccc(C(=O)C(O)c2c[nH]c3cc(Cl)ccc23)cc1. The predicted molar refractivity (Wildman–Crippen MR) is 83.8 cm³/mol. The van der Waals surface area contributed by atoms with Crippen molar-refractivity contribution in [3.05, 3.63) is 70.4 Å². The molecule has 4 heteroatoms. The summed E-state index contributed by atoms with van der Waals surface area (Å²) in [4.78, 5) is 15.4. The fourth-order valence-electron chi connectivity index (χ4n) is 2.36. The number of carbonyl (C=O) groups is 1. The van der Waals surface area contributed by atoms with E-state index in [1.54, 1.807) is 36.5 Å². The van der Waals surface area contributed by atoms with E-state index in [4.69, 9.17) is 11.6 Å². The number of carbonyl (C=O) groups excluding carboxylic acids is 1. The molecule has 0 amide bonds. The molecule has 2 aromatic carbocycles. The number of hydrogen-bond donors (Lipinski definition) is 2. The summed E-state index contributed by atoms with van der Waals surface area (Å²) < 4.78 is 0. The van der Waals surface area contributed by atoms with Crippen LogP contribution in [-0.2, 0) is 0 Å². The van der Waals surface area contributed by atoms with Gasteiger partial charge in [-0.25, -0.2) is 0 Å². The van der Waals surface area contributed by atoms with E-state index in [0.717, 1.165) is 16.5 Å². The molecule has 21 heavy (non-hydrogen) atoms. The van der Waals surface area contributed by atoms with Crippen LogP contribution in [0, 0.1) is 6.92 Å². The Morgan fingerprint density at radius 1 is 1.19 bits per heavy atom. The molecule has 1 atom stereocenters. The van der Waals surface area contributed by atoms with E-state index < -0.39 is 6.10 Å². The highest BCUT2D eigenvalue weighted by atomic mass is 35.5. The Kier molecular flexibility index (Phi) is 3.53. The molecule has 0 aliphatic rings. The Morgan fingerprint density at radius 2 is 1.90 bits per heavy atom. The third kappa shape index (κ3) is 2.58. The minimum atomic E-state index is -1.19. The van der Waals surface area contributed by atoms with Gasteiger partial charge in [-0.05, 0) is 19.1 Å².